The van der Waals surface area contributed by atoms with Gasteiger partial charge in [0.1, 0.15) is 11.6 Å². The molecule has 0 atom stereocenters. The maximum atomic E-state index is 12.5. The van der Waals surface area contributed by atoms with Crippen molar-refractivity contribution in [2.45, 2.75) is 51.1 Å². The molecule has 28 heavy (non-hydrogen) atoms. The molecule has 0 spiro atoms. The summed E-state index contributed by atoms with van der Waals surface area (Å²) in [4.78, 5) is 20.1. The van der Waals surface area contributed by atoms with E-state index in [2.05, 4.69) is 4.98 Å². The van der Waals surface area contributed by atoms with Gasteiger partial charge in [-0.05, 0) is 45.9 Å². The minimum atomic E-state index is -0.512. The van der Waals surface area contributed by atoms with Gasteiger partial charge >= 0.3 is 7.12 Å². The molecule has 148 valence electrons. The molecule has 2 aliphatic heterocycles. The average Bonchev–Trinajstić information content (AvgIpc) is 2.88. The van der Waals surface area contributed by atoms with Crippen LogP contribution in [0.4, 0.5) is 0 Å². The van der Waals surface area contributed by atoms with E-state index >= 15 is 0 Å². The fourth-order valence-electron chi connectivity index (χ4n) is 3.40. The molecule has 0 radical (unpaired) electrons. The Morgan fingerprint density at radius 2 is 1.93 bits per heavy atom. The van der Waals surface area contributed by atoms with Crippen molar-refractivity contribution in [3.63, 3.8) is 0 Å². The van der Waals surface area contributed by atoms with Gasteiger partial charge in [-0.1, -0.05) is 12.1 Å². The van der Waals surface area contributed by atoms with E-state index in [1.807, 2.05) is 45.9 Å². The minimum Gasteiger partial charge on any atom is -0.497 e. The smallest absolute Gasteiger partial charge is 0.497 e. The fraction of sp³-hybridized carbons (Fsp3) is 0.500. The second-order valence-corrected chi connectivity index (χ2v) is 9.29. The predicted octanol–water partition coefficient (Wildman–Crippen LogP) is 2.53. The van der Waals surface area contributed by atoms with Crippen LogP contribution >= 0.6 is 11.8 Å². The zero-order valence-corrected chi connectivity index (χ0v) is 17.7. The first kappa shape index (κ1) is 19.5. The highest BCUT2D eigenvalue weighted by molar-refractivity contribution is 7.98. The molecule has 1 fully saturated rings. The largest absolute Gasteiger partial charge is 0.498 e. The summed E-state index contributed by atoms with van der Waals surface area (Å²) >= 11 is 1.77. The predicted molar refractivity (Wildman–Crippen MR) is 112 cm³/mol. The van der Waals surface area contributed by atoms with Crippen molar-refractivity contribution >= 4 is 24.3 Å². The lowest BCUT2D eigenvalue weighted by Gasteiger charge is -2.32. The van der Waals surface area contributed by atoms with E-state index in [9.17, 15) is 4.79 Å². The third kappa shape index (κ3) is 3.27. The van der Waals surface area contributed by atoms with Crippen LogP contribution < -0.4 is 15.8 Å². The molecular formula is C20H25BN2O4S. The summed E-state index contributed by atoms with van der Waals surface area (Å²) < 4.78 is 17.9. The van der Waals surface area contributed by atoms with Crippen molar-refractivity contribution < 1.29 is 14.0 Å². The number of thioether (sulfide) groups is 1. The minimum absolute atomic E-state index is 0.0544. The Morgan fingerprint density at radius 1 is 1.21 bits per heavy atom. The van der Waals surface area contributed by atoms with Gasteiger partial charge in [0, 0.05) is 22.3 Å². The van der Waals surface area contributed by atoms with E-state index in [0.717, 1.165) is 40.2 Å². The molecule has 0 unspecified atom stereocenters. The van der Waals surface area contributed by atoms with E-state index < -0.39 is 18.3 Å². The number of nitrogens with one attached hydrogen (secondary N) is 1. The quantitative estimate of drug-likeness (QED) is 0.799. The molecule has 2 aliphatic rings. The standard InChI is InChI=1S/C20H25BN2O4S/c1-19(2)20(3,4)27-21(26-19)14-7-6-12(10-16(14)25-5)17-22-15-8-9-28-11-13(15)18(24)23-17/h6-7,10H,8-9,11H2,1-5H3,(H,22,23,24). The maximum Gasteiger partial charge on any atom is 0.498 e. The third-order valence-electron chi connectivity index (χ3n) is 5.84. The topological polar surface area (TPSA) is 73.4 Å². The van der Waals surface area contributed by atoms with Crippen molar-refractivity contribution in [2.75, 3.05) is 12.9 Å². The maximum absolute atomic E-state index is 12.5. The Labute approximate surface area is 169 Å². The molecule has 1 N–H and O–H groups in total. The summed E-state index contributed by atoms with van der Waals surface area (Å²) in [7, 11) is 1.11. The number of rotatable bonds is 3. The Hall–Kier alpha value is -1.77. The third-order valence-corrected chi connectivity index (χ3v) is 6.83. The number of H-pyrrole nitrogens is 1. The number of hydrogen-bond acceptors (Lipinski definition) is 6. The Morgan fingerprint density at radius 3 is 2.61 bits per heavy atom. The van der Waals surface area contributed by atoms with Crippen LogP contribution in [0, 0.1) is 0 Å². The lowest BCUT2D eigenvalue weighted by Crippen LogP contribution is -2.41. The lowest BCUT2D eigenvalue weighted by atomic mass is 9.78. The van der Waals surface area contributed by atoms with E-state index in [0.29, 0.717) is 11.6 Å². The van der Waals surface area contributed by atoms with Gasteiger partial charge in [0.15, 0.2) is 0 Å². The SMILES string of the molecule is COc1cc(-c2nc3c(c(=O)[nH]2)CSCC3)ccc1B1OC(C)(C)C(C)(C)O1. The summed E-state index contributed by atoms with van der Waals surface area (Å²) in [6.45, 7) is 8.09. The van der Waals surface area contributed by atoms with Crippen molar-refractivity contribution in [3.8, 4) is 17.1 Å². The fourth-order valence-corrected chi connectivity index (χ4v) is 4.39. The van der Waals surface area contributed by atoms with Crippen LogP contribution in [0.5, 0.6) is 5.75 Å². The molecule has 1 saturated heterocycles. The van der Waals surface area contributed by atoms with E-state index in [-0.39, 0.29) is 5.56 Å². The van der Waals surface area contributed by atoms with Crippen LogP contribution in [0.1, 0.15) is 39.0 Å². The first-order valence-electron chi connectivity index (χ1n) is 9.45. The molecule has 1 aromatic carbocycles. The van der Waals surface area contributed by atoms with Crippen LogP contribution in [0.15, 0.2) is 23.0 Å². The molecule has 0 bridgehead atoms. The van der Waals surface area contributed by atoms with Gasteiger partial charge in [-0.25, -0.2) is 4.98 Å². The van der Waals surface area contributed by atoms with Gasteiger partial charge < -0.3 is 19.0 Å². The number of aromatic amines is 1. The number of methoxy groups -OCH3 is 1. The molecule has 0 saturated carbocycles. The van der Waals surface area contributed by atoms with Crippen molar-refractivity contribution in [3.05, 3.63) is 39.8 Å². The molecule has 1 aromatic heterocycles. The summed E-state index contributed by atoms with van der Waals surface area (Å²) in [5, 5.41) is 0. The van der Waals surface area contributed by atoms with Gasteiger partial charge in [-0.15, -0.1) is 0 Å². The summed E-state index contributed by atoms with van der Waals surface area (Å²) in [6.07, 6.45) is 0.820. The molecule has 4 rings (SSSR count). The van der Waals surface area contributed by atoms with Crippen molar-refractivity contribution in [1.29, 1.82) is 0 Å². The number of fused-ring (bicyclic) bond motifs is 1. The van der Waals surface area contributed by atoms with Crippen LogP contribution in [0.2, 0.25) is 0 Å². The number of aromatic nitrogens is 2. The van der Waals surface area contributed by atoms with E-state index in [1.54, 1.807) is 18.9 Å². The zero-order chi connectivity index (χ0) is 20.1. The van der Waals surface area contributed by atoms with Crippen LogP contribution in [0.3, 0.4) is 0 Å². The second kappa shape index (κ2) is 6.93. The van der Waals surface area contributed by atoms with Crippen molar-refractivity contribution in [1.82, 2.24) is 9.97 Å². The molecular weight excluding hydrogens is 375 g/mol. The molecule has 0 amide bonds. The highest BCUT2D eigenvalue weighted by Gasteiger charge is 2.52. The second-order valence-electron chi connectivity index (χ2n) is 8.19. The first-order chi connectivity index (χ1) is 13.2. The summed E-state index contributed by atoms with van der Waals surface area (Å²) in [5.74, 6) is 2.93. The molecule has 3 heterocycles. The molecule has 0 aliphatic carbocycles. The van der Waals surface area contributed by atoms with E-state index in [4.69, 9.17) is 19.0 Å². The number of benzene rings is 1. The number of aryl methyl sites for hydroxylation is 1. The monoisotopic (exact) mass is 400 g/mol. The number of ether oxygens (including phenoxy) is 1. The average molecular weight is 400 g/mol. The van der Waals surface area contributed by atoms with Gasteiger partial charge in [0.05, 0.1) is 24.0 Å². The van der Waals surface area contributed by atoms with Crippen LogP contribution in [-0.2, 0) is 21.5 Å². The van der Waals surface area contributed by atoms with E-state index in [1.165, 1.54) is 0 Å². The highest BCUT2D eigenvalue weighted by atomic mass is 32.2. The zero-order valence-electron chi connectivity index (χ0n) is 16.9. The van der Waals surface area contributed by atoms with Crippen LogP contribution in [-0.4, -0.2) is 41.2 Å². The molecule has 6 nitrogen and oxygen atoms in total. The van der Waals surface area contributed by atoms with Gasteiger partial charge in [0.2, 0.25) is 0 Å². The summed E-state index contributed by atoms with van der Waals surface area (Å²) in [6, 6.07) is 5.72. The normalized spacial score (nSPS) is 20.1. The van der Waals surface area contributed by atoms with Gasteiger partial charge in [-0.2, -0.15) is 11.8 Å². The molecule has 2 aromatic rings. The Balaban J connectivity index is 1.71. The Kier molecular flexibility index (Phi) is 4.84. The first-order valence-corrected chi connectivity index (χ1v) is 10.6. The number of nitrogens with zero attached hydrogens (tertiary/aromatic N) is 1. The summed E-state index contributed by atoms with van der Waals surface area (Å²) in [5.41, 5.74) is 2.40. The highest BCUT2D eigenvalue weighted by Crippen LogP contribution is 2.37. The van der Waals surface area contributed by atoms with Gasteiger partial charge in [-0.3, -0.25) is 4.79 Å². The molecule has 8 heteroatoms. The van der Waals surface area contributed by atoms with Crippen LogP contribution in [0.25, 0.3) is 11.4 Å². The Bertz CT molecular complexity index is 957. The lowest BCUT2D eigenvalue weighted by molar-refractivity contribution is 0.00578. The van der Waals surface area contributed by atoms with Crippen molar-refractivity contribution in [2.24, 2.45) is 0 Å². The van der Waals surface area contributed by atoms with Gasteiger partial charge in [0.25, 0.3) is 5.56 Å². The number of hydrogen-bond donors (Lipinski definition) is 1.